The summed E-state index contributed by atoms with van der Waals surface area (Å²) in [7, 11) is 0. The predicted molar refractivity (Wildman–Crippen MR) is 86.5 cm³/mol. The lowest BCUT2D eigenvalue weighted by Crippen LogP contribution is -2.50. The molecule has 0 spiro atoms. The van der Waals surface area contributed by atoms with Gasteiger partial charge in [-0.25, -0.2) is 0 Å². The quantitative estimate of drug-likeness (QED) is 0.795. The van der Waals surface area contributed by atoms with E-state index in [0.717, 1.165) is 13.0 Å². The van der Waals surface area contributed by atoms with Gasteiger partial charge < -0.3 is 15.1 Å². The second kappa shape index (κ2) is 8.54. The average Bonchev–Trinajstić information content (AvgIpc) is 2.55. The number of carbonyl (C=O) groups excluding carboxylic acids is 2. The molecule has 1 heterocycles. The van der Waals surface area contributed by atoms with Crippen LogP contribution in [0.5, 0.6) is 0 Å². The van der Waals surface area contributed by atoms with E-state index in [0.29, 0.717) is 39.1 Å². The van der Waals surface area contributed by atoms with Crippen molar-refractivity contribution in [2.45, 2.75) is 19.8 Å². The van der Waals surface area contributed by atoms with Crippen LogP contribution in [0.4, 0.5) is 0 Å². The van der Waals surface area contributed by atoms with Gasteiger partial charge >= 0.3 is 0 Å². The van der Waals surface area contributed by atoms with Gasteiger partial charge in [-0.05, 0) is 18.5 Å². The van der Waals surface area contributed by atoms with Crippen LogP contribution in [0.25, 0.3) is 0 Å². The zero-order chi connectivity index (χ0) is 15.8. The zero-order valence-corrected chi connectivity index (χ0v) is 13.3. The molecule has 1 N–H and O–H groups in total. The summed E-state index contributed by atoms with van der Waals surface area (Å²) in [6.45, 7) is 5.79. The molecular formula is C17H25N3O2. The molecule has 1 aromatic carbocycles. The van der Waals surface area contributed by atoms with Crippen LogP contribution < -0.4 is 5.32 Å². The Bertz CT molecular complexity index is 482. The summed E-state index contributed by atoms with van der Waals surface area (Å²) < 4.78 is 0. The number of hydrogen-bond acceptors (Lipinski definition) is 3. The van der Waals surface area contributed by atoms with E-state index in [-0.39, 0.29) is 11.8 Å². The molecule has 1 aliphatic heterocycles. The fraction of sp³-hybridized carbons (Fsp3) is 0.529. The van der Waals surface area contributed by atoms with Crippen molar-refractivity contribution in [1.82, 2.24) is 15.1 Å². The molecule has 0 aliphatic carbocycles. The summed E-state index contributed by atoms with van der Waals surface area (Å²) in [4.78, 5) is 27.0. The Morgan fingerprint density at radius 2 is 1.64 bits per heavy atom. The van der Waals surface area contributed by atoms with E-state index in [4.69, 9.17) is 0 Å². The summed E-state index contributed by atoms with van der Waals surface area (Å²) in [5.41, 5.74) is 1.31. The lowest BCUT2D eigenvalue weighted by molar-refractivity contribution is -0.138. The van der Waals surface area contributed by atoms with E-state index in [1.54, 1.807) is 11.8 Å². The Balaban J connectivity index is 1.57. The number of amides is 2. The average molecular weight is 303 g/mol. The third-order valence-corrected chi connectivity index (χ3v) is 4.03. The van der Waals surface area contributed by atoms with Crippen molar-refractivity contribution in [3.63, 3.8) is 0 Å². The van der Waals surface area contributed by atoms with Gasteiger partial charge in [-0.2, -0.15) is 0 Å². The Kier molecular flexibility index (Phi) is 6.40. The van der Waals surface area contributed by atoms with Crippen molar-refractivity contribution in [3.8, 4) is 0 Å². The lowest BCUT2D eigenvalue weighted by atomic mass is 10.1. The highest BCUT2D eigenvalue weighted by molar-refractivity contribution is 5.77. The number of nitrogens with zero attached hydrogens (tertiary/aromatic N) is 2. The Labute approximate surface area is 132 Å². The molecule has 1 aliphatic rings. The van der Waals surface area contributed by atoms with Crippen LogP contribution >= 0.6 is 0 Å². The fourth-order valence-electron chi connectivity index (χ4n) is 2.63. The SMILES string of the molecule is CC(=O)N1CCN(C(=O)CCNCCc2ccccc2)CC1. The predicted octanol–water partition coefficient (Wildman–Crippen LogP) is 0.900. The molecule has 5 nitrogen and oxygen atoms in total. The number of hydrogen-bond donors (Lipinski definition) is 1. The van der Waals surface area contributed by atoms with Crippen molar-refractivity contribution in [1.29, 1.82) is 0 Å². The molecule has 0 aromatic heterocycles. The molecule has 1 fully saturated rings. The normalized spacial score (nSPS) is 15.0. The smallest absolute Gasteiger partial charge is 0.223 e. The number of benzene rings is 1. The molecule has 2 amide bonds. The van der Waals surface area contributed by atoms with Gasteiger partial charge in [0.15, 0.2) is 0 Å². The van der Waals surface area contributed by atoms with E-state index in [9.17, 15) is 9.59 Å². The number of carbonyl (C=O) groups is 2. The van der Waals surface area contributed by atoms with Gasteiger partial charge in [-0.15, -0.1) is 0 Å². The topological polar surface area (TPSA) is 52.7 Å². The van der Waals surface area contributed by atoms with Gasteiger partial charge in [-0.3, -0.25) is 9.59 Å². The van der Waals surface area contributed by atoms with Crippen LogP contribution in [0.3, 0.4) is 0 Å². The van der Waals surface area contributed by atoms with Crippen LogP contribution in [0.2, 0.25) is 0 Å². The Hall–Kier alpha value is -1.88. The van der Waals surface area contributed by atoms with Crippen molar-refractivity contribution in [3.05, 3.63) is 35.9 Å². The molecule has 0 atom stereocenters. The van der Waals surface area contributed by atoms with Crippen molar-refractivity contribution in [2.75, 3.05) is 39.3 Å². The highest BCUT2D eigenvalue weighted by Gasteiger charge is 2.21. The molecule has 0 radical (unpaired) electrons. The van der Waals surface area contributed by atoms with E-state index < -0.39 is 0 Å². The van der Waals surface area contributed by atoms with E-state index in [1.807, 2.05) is 23.1 Å². The van der Waals surface area contributed by atoms with Gasteiger partial charge in [0.05, 0.1) is 0 Å². The van der Waals surface area contributed by atoms with E-state index in [2.05, 4.69) is 17.4 Å². The summed E-state index contributed by atoms with van der Waals surface area (Å²) in [6.07, 6.45) is 1.50. The van der Waals surface area contributed by atoms with Crippen LogP contribution in [0.15, 0.2) is 30.3 Å². The largest absolute Gasteiger partial charge is 0.339 e. The highest BCUT2D eigenvalue weighted by Crippen LogP contribution is 2.04. The first-order valence-corrected chi connectivity index (χ1v) is 7.95. The fourth-order valence-corrected chi connectivity index (χ4v) is 2.63. The van der Waals surface area contributed by atoms with Gasteiger partial charge in [-0.1, -0.05) is 30.3 Å². The Morgan fingerprint density at radius 1 is 1.00 bits per heavy atom. The second-order valence-electron chi connectivity index (χ2n) is 5.62. The monoisotopic (exact) mass is 303 g/mol. The van der Waals surface area contributed by atoms with Gasteiger partial charge in [0.2, 0.25) is 11.8 Å². The first-order chi connectivity index (χ1) is 10.7. The minimum atomic E-state index is 0.0923. The van der Waals surface area contributed by atoms with E-state index in [1.165, 1.54) is 5.56 Å². The van der Waals surface area contributed by atoms with Crippen molar-refractivity contribution in [2.24, 2.45) is 0 Å². The molecule has 120 valence electrons. The van der Waals surface area contributed by atoms with Crippen LogP contribution in [0, 0.1) is 0 Å². The second-order valence-corrected chi connectivity index (χ2v) is 5.62. The third-order valence-electron chi connectivity index (χ3n) is 4.03. The van der Waals surface area contributed by atoms with Crippen LogP contribution in [-0.2, 0) is 16.0 Å². The summed E-state index contributed by atoms with van der Waals surface area (Å²) in [5.74, 6) is 0.269. The first-order valence-electron chi connectivity index (χ1n) is 7.95. The van der Waals surface area contributed by atoms with Crippen LogP contribution in [0.1, 0.15) is 18.9 Å². The Morgan fingerprint density at radius 3 is 2.27 bits per heavy atom. The maximum Gasteiger partial charge on any atom is 0.223 e. The van der Waals surface area contributed by atoms with Crippen molar-refractivity contribution >= 4 is 11.8 Å². The molecule has 0 bridgehead atoms. The molecule has 2 rings (SSSR count). The number of rotatable bonds is 6. The summed E-state index contributed by atoms with van der Waals surface area (Å²) in [5, 5.41) is 3.32. The molecule has 1 saturated heterocycles. The number of nitrogens with one attached hydrogen (secondary N) is 1. The zero-order valence-electron chi connectivity index (χ0n) is 13.3. The maximum atomic E-state index is 12.1. The third kappa shape index (κ3) is 5.15. The maximum absolute atomic E-state index is 12.1. The molecule has 22 heavy (non-hydrogen) atoms. The van der Waals surface area contributed by atoms with E-state index >= 15 is 0 Å². The summed E-state index contributed by atoms with van der Waals surface area (Å²) >= 11 is 0. The lowest BCUT2D eigenvalue weighted by Gasteiger charge is -2.34. The van der Waals surface area contributed by atoms with Gasteiger partial charge in [0.25, 0.3) is 0 Å². The molecular weight excluding hydrogens is 278 g/mol. The van der Waals surface area contributed by atoms with Crippen molar-refractivity contribution < 1.29 is 9.59 Å². The molecule has 0 saturated carbocycles. The standard InChI is InChI=1S/C17H25N3O2/c1-15(21)19-11-13-20(14-12-19)17(22)8-10-18-9-7-16-5-3-2-4-6-16/h2-6,18H,7-14H2,1H3. The highest BCUT2D eigenvalue weighted by atomic mass is 16.2. The molecule has 0 unspecified atom stereocenters. The van der Waals surface area contributed by atoms with Gasteiger partial charge in [0, 0.05) is 46.1 Å². The molecule has 1 aromatic rings. The van der Waals surface area contributed by atoms with Crippen LogP contribution in [-0.4, -0.2) is 60.9 Å². The minimum absolute atomic E-state index is 0.0923. The first kappa shape index (κ1) is 16.5. The molecule has 5 heteroatoms. The summed E-state index contributed by atoms with van der Waals surface area (Å²) in [6, 6.07) is 10.3. The number of piperazine rings is 1. The van der Waals surface area contributed by atoms with Gasteiger partial charge in [0.1, 0.15) is 0 Å². The minimum Gasteiger partial charge on any atom is -0.339 e.